The van der Waals surface area contributed by atoms with Crippen molar-refractivity contribution >= 4 is 33.3 Å². The monoisotopic (exact) mass is 469 g/mol. The predicted octanol–water partition coefficient (Wildman–Crippen LogP) is 9.77. The van der Waals surface area contributed by atoms with Crippen LogP contribution in [0.25, 0.3) is 20.8 Å². The fourth-order valence-electron chi connectivity index (χ4n) is 3.78. The summed E-state index contributed by atoms with van der Waals surface area (Å²) in [5, 5.41) is 1.09. The van der Waals surface area contributed by atoms with E-state index in [2.05, 4.69) is 56.3 Å². The van der Waals surface area contributed by atoms with Crippen molar-refractivity contribution in [1.29, 1.82) is 0 Å². The molecule has 0 atom stereocenters. The molecule has 0 aliphatic carbocycles. The average molecular weight is 470 g/mol. The number of thioether (sulfide) groups is 1. The molecule has 0 fully saturated rings. The van der Waals surface area contributed by atoms with E-state index < -0.39 is 0 Å². The van der Waals surface area contributed by atoms with Crippen molar-refractivity contribution in [1.82, 2.24) is 4.98 Å². The summed E-state index contributed by atoms with van der Waals surface area (Å²) in [5.41, 5.74) is 2.27. The van der Waals surface area contributed by atoms with Crippen LogP contribution in [0.4, 0.5) is 0 Å². The number of hydrogen-bond donors (Lipinski definition) is 0. The van der Waals surface area contributed by atoms with Gasteiger partial charge in [0.05, 0.1) is 16.8 Å². The van der Waals surface area contributed by atoms with Gasteiger partial charge < -0.3 is 4.74 Å². The van der Waals surface area contributed by atoms with Crippen molar-refractivity contribution in [3.63, 3.8) is 0 Å². The first-order valence-electron chi connectivity index (χ1n) is 12.6. The van der Waals surface area contributed by atoms with Crippen LogP contribution < -0.4 is 4.74 Å². The zero-order valence-electron chi connectivity index (χ0n) is 19.9. The molecule has 1 aromatic heterocycles. The SMILES string of the molecule is CCCCCCCCSc1ccc2nc(-c3ccc(OCCCCCCC)cc3)sc2c1. The van der Waals surface area contributed by atoms with Gasteiger partial charge in [-0.1, -0.05) is 71.6 Å². The summed E-state index contributed by atoms with van der Waals surface area (Å²) >= 11 is 3.77. The molecule has 174 valence electrons. The fourth-order valence-corrected chi connectivity index (χ4v) is 5.81. The Morgan fingerprint density at radius 1 is 0.781 bits per heavy atom. The highest BCUT2D eigenvalue weighted by Gasteiger charge is 2.08. The molecule has 0 N–H and O–H groups in total. The first-order chi connectivity index (χ1) is 15.8. The molecule has 0 amide bonds. The molecule has 3 rings (SSSR count). The van der Waals surface area contributed by atoms with E-state index in [0.717, 1.165) is 29.3 Å². The molecule has 4 heteroatoms. The summed E-state index contributed by atoms with van der Waals surface area (Å²) in [7, 11) is 0. The van der Waals surface area contributed by atoms with Crippen molar-refractivity contribution in [2.45, 2.75) is 89.4 Å². The highest BCUT2D eigenvalue weighted by Crippen LogP contribution is 2.33. The molecule has 3 aromatic rings. The molecule has 0 aliphatic heterocycles. The Kier molecular flexibility index (Phi) is 11.5. The number of hydrogen-bond acceptors (Lipinski definition) is 4. The number of nitrogens with zero attached hydrogens (tertiary/aromatic N) is 1. The quantitative estimate of drug-likeness (QED) is 0.154. The molecule has 0 saturated heterocycles. The Morgan fingerprint density at radius 3 is 2.22 bits per heavy atom. The number of rotatable bonds is 16. The standard InChI is InChI=1S/C28H39NOS2/c1-3-5-7-9-11-13-21-31-25-18-19-26-27(22-25)32-28(29-26)23-14-16-24(17-15-23)30-20-12-10-8-6-4-2/h14-19,22H,3-13,20-21H2,1-2H3. The topological polar surface area (TPSA) is 22.1 Å². The summed E-state index contributed by atoms with van der Waals surface area (Å²) in [6.07, 6.45) is 14.5. The van der Waals surface area contributed by atoms with E-state index in [1.807, 2.05) is 11.8 Å². The Balaban J connectivity index is 1.47. The van der Waals surface area contributed by atoms with Crippen LogP contribution in [0.2, 0.25) is 0 Å². The number of unbranched alkanes of at least 4 members (excludes halogenated alkanes) is 9. The molecule has 0 aliphatic rings. The highest BCUT2D eigenvalue weighted by molar-refractivity contribution is 7.99. The Bertz CT molecular complexity index is 903. The highest BCUT2D eigenvalue weighted by atomic mass is 32.2. The maximum atomic E-state index is 5.91. The Hall–Kier alpha value is -1.52. The van der Waals surface area contributed by atoms with Gasteiger partial charge in [-0.3, -0.25) is 0 Å². The summed E-state index contributed by atoms with van der Waals surface area (Å²) in [6, 6.07) is 15.1. The average Bonchev–Trinajstić information content (AvgIpc) is 3.24. The molecular weight excluding hydrogens is 430 g/mol. The van der Waals surface area contributed by atoms with Gasteiger partial charge in [0.1, 0.15) is 10.8 Å². The van der Waals surface area contributed by atoms with E-state index in [9.17, 15) is 0 Å². The van der Waals surface area contributed by atoms with Crippen molar-refractivity contribution in [2.24, 2.45) is 0 Å². The molecule has 32 heavy (non-hydrogen) atoms. The fraction of sp³-hybridized carbons (Fsp3) is 0.536. The third-order valence-corrected chi connectivity index (χ3v) is 7.89. The largest absolute Gasteiger partial charge is 0.494 e. The molecule has 2 nitrogen and oxygen atoms in total. The van der Waals surface area contributed by atoms with E-state index in [1.165, 1.54) is 85.1 Å². The minimum absolute atomic E-state index is 0.809. The van der Waals surface area contributed by atoms with Crippen LogP contribution in [0.5, 0.6) is 5.75 Å². The van der Waals surface area contributed by atoms with E-state index in [4.69, 9.17) is 9.72 Å². The van der Waals surface area contributed by atoms with Gasteiger partial charge in [-0.15, -0.1) is 23.1 Å². The second kappa shape index (κ2) is 14.6. The van der Waals surface area contributed by atoms with Crippen molar-refractivity contribution in [2.75, 3.05) is 12.4 Å². The van der Waals surface area contributed by atoms with Crippen LogP contribution in [0.15, 0.2) is 47.4 Å². The van der Waals surface area contributed by atoms with Gasteiger partial charge in [0.25, 0.3) is 0 Å². The normalized spacial score (nSPS) is 11.3. The molecule has 0 bridgehead atoms. The van der Waals surface area contributed by atoms with E-state index in [-0.39, 0.29) is 0 Å². The zero-order chi connectivity index (χ0) is 22.4. The van der Waals surface area contributed by atoms with Gasteiger partial charge >= 0.3 is 0 Å². The van der Waals surface area contributed by atoms with Crippen LogP contribution >= 0.6 is 23.1 Å². The smallest absolute Gasteiger partial charge is 0.124 e. The lowest BCUT2D eigenvalue weighted by Gasteiger charge is -2.06. The molecule has 0 radical (unpaired) electrons. The van der Waals surface area contributed by atoms with Gasteiger partial charge in [0, 0.05) is 10.5 Å². The molecule has 2 aromatic carbocycles. The third kappa shape index (κ3) is 8.44. The second-order valence-corrected chi connectivity index (χ2v) is 10.8. The number of fused-ring (bicyclic) bond motifs is 1. The van der Waals surface area contributed by atoms with Gasteiger partial charge in [0.15, 0.2) is 0 Å². The minimum atomic E-state index is 0.809. The molecule has 0 unspecified atom stereocenters. The maximum Gasteiger partial charge on any atom is 0.124 e. The van der Waals surface area contributed by atoms with Gasteiger partial charge in [-0.05, 0) is 61.1 Å². The molecule has 0 spiro atoms. The summed E-state index contributed by atoms with van der Waals surface area (Å²) < 4.78 is 7.18. The Morgan fingerprint density at radius 2 is 1.47 bits per heavy atom. The number of thiazole rings is 1. The Labute approximate surface area is 203 Å². The van der Waals surface area contributed by atoms with E-state index in [0.29, 0.717) is 0 Å². The van der Waals surface area contributed by atoms with Crippen LogP contribution in [-0.4, -0.2) is 17.3 Å². The van der Waals surface area contributed by atoms with Gasteiger partial charge in [-0.25, -0.2) is 4.98 Å². The van der Waals surface area contributed by atoms with Gasteiger partial charge in [-0.2, -0.15) is 0 Å². The molecular formula is C28H39NOS2. The second-order valence-electron chi connectivity index (χ2n) is 8.55. The van der Waals surface area contributed by atoms with Crippen molar-refractivity contribution in [3.05, 3.63) is 42.5 Å². The van der Waals surface area contributed by atoms with Crippen LogP contribution in [0.1, 0.15) is 84.5 Å². The predicted molar refractivity (Wildman–Crippen MR) is 143 cm³/mol. The lowest BCUT2D eigenvalue weighted by molar-refractivity contribution is 0.304. The molecule has 1 heterocycles. The first kappa shape index (κ1) is 25.1. The van der Waals surface area contributed by atoms with E-state index >= 15 is 0 Å². The van der Waals surface area contributed by atoms with Gasteiger partial charge in [0.2, 0.25) is 0 Å². The lowest BCUT2D eigenvalue weighted by Crippen LogP contribution is -1.97. The first-order valence-corrected chi connectivity index (χ1v) is 14.4. The van der Waals surface area contributed by atoms with Crippen LogP contribution in [0, 0.1) is 0 Å². The lowest BCUT2D eigenvalue weighted by atomic mass is 10.1. The summed E-state index contributed by atoms with van der Waals surface area (Å²) in [6.45, 7) is 5.33. The minimum Gasteiger partial charge on any atom is -0.494 e. The third-order valence-electron chi connectivity index (χ3n) is 5.74. The van der Waals surface area contributed by atoms with Crippen LogP contribution in [0.3, 0.4) is 0 Å². The number of ether oxygens (including phenoxy) is 1. The zero-order valence-corrected chi connectivity index (χ0v) is 21.5. The van der Waals surface area contributed by atoms with Crippen molar-refractivity contribution < 1.29 is 4.74 Å². The van der Waals surface area contributed by atoms with Crippen LogP contribution in [-0.2, 0) is 0 Å². The maximum absolute atomic E-state index is 5.91. The van der Waals surface area contributed by atoms with Crippen molar-refractivity contribution in [3.8, 4) is 16.3 Å². The number of aromatic nitrogens is 1. The van der Waals surface area contributed by atoms with E-state index in [1.54, 1.807) is 11.3 Å². The number of benzene rings is 2. The summed E-state index contributed by atoms with van der Waals surface area (Å²) in [5.74, 6) is 2.17. The summed E-state index contributed by atoms with van der Waals surface area (Å²) in [4.78, 5) is 6.23. The molecule has 0 saturated carbocycles.